The van der Waals surface area contributed by atoms with E-state index >= 15 is 0 Å². The number of ether oxygens (including phenoxy) is 1. The van der Waals surface area contributed by atoms with Crippen LogP contribution in [0.4, 0.5) is 11.4 Å². The Morgan fingerprint density at radius 2 is 1.47 bits per heavy atom. The molecule has 0 spiro atoms. The third-order valence-corrected chi connectivity index (χ3v) is 5.15. The quantitative estimate of drug-likeness (QED) is 0.597. The number of hydrogen-bond donors (Lipinski definition) is 2. The van der Waals surface area contributed by atoms with Gasteiger partial charge in [0.05, 0.1) is 13.2 Å². The lowest BCUT2D eigenvalue weighted by Gasteiger charge is -2.30. The number of anilines is 2. The summed E-state index contributed by atoms with van der Waals surface area (Å²) in [6.07, 6.45) is 0. The van der Waals surface area contributed by atoms with Gasteiger partial charge < -0.3 is 15.4 Å². The minimum absolute atomic E-state index is 0.0593. The summed E-state index contributed by atoms with van der Waals surface area (Å²) >= 11 is 0. The summed E-state index contributed by atoms with van der Waals surface area (Å²) in [5.41, 5.74) is 1.89. The molecule has 2 aromatic rings. The average molecular weight is 412 g/mol. The molecule has 0 saturated heterocycles. The van der Waals surface area contributed by atoms with Gasteiger partial charge in [0.2, 0.25) is 5.91 Å². The predicted octanol–water partition coefficient (Wildman–Crippen LogP) is 4.64. The molecular weight excluding hydrogens is 378 g/mol. The molecule has 0 saturated carbocycles. The zero-order valence-corrected chi connectivity index (χ0v) is 18.6. The van der Waals surface area contributed by atoms with E-state index in [1.807, 2.05) is 19.1 Å². The molecule has 30 heavy (non-hydrogen) atoms. The Labute approximate surface area is 179 Å². The molecule has 0 bridgehead atoms. The third kappa shape index (κ3) is 6.88. The fraction of sp³-hybridized carbons (Fsp3) is 0.417. The Balaban J connectivity index is 1.92. The van der Waals surface area contributed by atoms with E-state index in [2.05, 4.69) is 43.2 Å². The van der Waals surface area contributed by atoms with Crippen LogP contribution in [0.1, 0.15) is 45.0 Å². The SMILES string of the molecule is CCOc1ccc(NC(=O)c2ccc(NC(=O)CN(CC)C(C)C(C)C)cc2)cc1. The molecule has 0 aliphatic heterocycles. The van der Waals surface area contributed by atoms with Gasteiger partial charge >= 0.3 is 0 Å². The van der Waals surface area contributed by atoms with E-state index in [9.17, 15) is 9.59 Å². The monoisotopic (exact) mass is 411 g/mol. The first-order chi connectivity index (χ1) is 14.3. The van der Waals surface area contributed by atoms with Gasteiger partial charge in [0, 0.05) is 23.0 Å². The topological polar surface area (TPSA) is 70.7 Å². The smallest absolute Gasteiger partial charge is 0.255 e. The van der Waals surface area contributed by atoms with Crippen LogP contribution in [0.25, 0.3) is 0 Å². The standard InChI is InChI=1S/C24H33N3O3/c1-6-27(18(5)17(3)4)16-23(28)25-20-10-8-19(9-11-20)24(29)26-21-12-14-22(15-13-21)30-7-2/h8-15,17-18H,6-7,16H2,1-5H3,(H,25,28)(H,26,29). The van der Waals surface area contributed by atoms with Gasteiger partial charge in [0.25, 0.3) is 5.91 Å². The van der Waals surface area contributed by atoms with Crippen molar-refractivity contribution in [2.45, 2.75) is 40.7 Å². The van der Waals surface area contributed by atoms with Gasteiger partial charge in [-0.25, -0.2) is 0 Å². The minimum Gasteiger partial charge on any atom is -0.494 e. The van der Waals surface area contributed by atoms with E-state index in [0.29, 0.717) is 42.0 Å². The fourth-order valence-corrected chi connectivity index (χ4v) is 3.06. The molecule has 162 valence electrons. The van der Waals surface area contributed by atoms with E-state index in [1.54, 1.807) is 36.4 Å². The highest BCUT2D eigenvalue weighted by Crippen LogP contribution is 2.17. The lowest BCUT2D eigenvalue weighted by molar-refractivity contribution is -0.117. The molecular formula is C24H33N3O3. The van der Waals surface area contributed by atoms with Crippen molar-refractivity contribution < 1.29 is 14.3 Å². The summed E-state index contributed by atoms with van der Waals surface area (Å²) in [6, 6.07) is 14.5. The van der Waals surface area contributed by atoms with Crippen molar-refractivity contribution in [3.05, 3.63) is 54.1 Å². The number of nitrogens with one attached hydrogen (secondary N) is 2. The summed E-state index contributed by atoms with van der Waals surface area (Å²) in [5.74, 6) is 0.974. The molecule has 2 rings (SSSR count). The lowest BCUT2D eigenvalue weighted by atomic mass is 10.0. The Morgan fingerprint density at radius 1 is 0.900 bits per heavy atom. The number of likely N-dealkylation sites (N-methyl/N-ethyl adjacent to an activating group) is 1. The summed E-state index contributed by atoms with van der Waals surface area (Å²) in [6.45, 7) is 12.2. The molecule has 6 heteroatoms. The number of hydrogen-bond acceptors (Lipinski definition) is 4. The molecule has 0 aliphatic rings. The van der Waals surface area contributed by atoms with Gasteiger partial charge in [-0.15, -0.1) is 0 Å². The molecule has 2 N–H and O–H groups in total. The van der Waals surface area contributed by atoms with Gasteiger partial charge in [0.15, 0.2) is 0 Å². The van der Waals surface area contributed by atoms with Crippen molar-refractivity contribution in [1.82, 2.24) is 4.90 Å². The van der Waals surface area contributed by atoms with E-state index in [0.717, 1.165) is 12.3 Å². The largest absolute Gasteiger partial charge is 0.494 e. The van der Waals surface area contributed by atoms with Crippen LogP contribution in [0.15, 0.2) is 48.5 Å². The van der Waals surface area contributed by atoms with Crippen molar-refractivity contribution in [2.75, 3.05) is 30.3 Å². The first-order valence-electron chi connectivity index (χ1n) is 10.5. The van der Waals surface area contributed by atoms with Crippen LogP contribution < -0.4 is 15.4 Å². The van der Waals surface area contributed by atoms with Crippen LogP contribution in [0.5, 0.6) is 5.75 Å². The highest BCUT2D eigenvalue weighted by Gasteiger charge is 2.18. The summed E-state index contributed by atoms with van der Waals surface area (Å²) in [5, 5.41) is 5.76. The second-order valence-corrected chi connectivity index (χ2v) is 7.58. The van der Waals surface area contributed by atoms with Crippen LogP contribution in [-0.2, 0) is 4.79 Å². The number of benzene rings is 2. The van der Waals surface area contributed by atoms with Gasteiger partial charge in [0.1, 0.15) is 5.75 Å². The maximum absolute atomic E-state index is 12.4. The first-order valence-corrected chi connectivity index (χ1v) is 10.5. The maximum atomic E-state index is 12.4. The summed E-state index contributed by atoms with van der Waals surface area (Å²) < 4.78 is 5.40. The molecule has 2 amide bonds. The Hall–Kier alpha value is -2.86. The number of carbonyl (C=O) groups excluding carboxylic acids is 2. The molecule has 6 nitrogen and oxygen atoms in total. The van der Waals surface area contributed by atoms with Crippen molar-refractivity contribution in [1.29, 1.82) is 0 Å². The van der Waals surface area contributed by atoms with Crippen molar-refractivity contribution in [2.24, 2.45) is 5.92 Å². The molecule has 0 aromatic heterocycles. The number of carbonyl (C=O) groups is 2. The predicted molar refractivity (Wildman–Crippen MR) is 122 cm³/mol. The first kappa shape index (κ1) is 23.4. The Bertz CT molecular complexity index is 817. The van der Waals surface area contributed by atoms with E-state index in [-0.39, 0.29) is 11.8 Å². The second-order valence-electron chi connectivity index (χ2n) is 7.58. The van der Waals surface area contributed by atoms with Gasteiger partial charge in [-0.1, -0.05) is 20.8 Å². The zero-order chi connectivity index (χ0) is 22.1. The Morgan fingerprint density at radius 3 is 2.00 bits per heavy atom. The molecule has 1 atom stereocenters. The summed E-state index contributed by atoms with van der Waals surface area (Å²) in [7, 11) is 0. The Kier molecular flexibility index (Phi) is 8.87. The normalized spacial score (nSPS) is 12.0. The van der Waals surface area contributed by atoms with Crippen LogP contribution in [0, 0.1) is 5.92 Å². The van der Waals surface area contributed by atoms with Gasteiger partial charge in [-0.05, 0) is 74.8 Å². The zero-order valence-electron chi connectivity index (χ0n) is 18.6. The number of amides is 2. The van der Waals surface area contributed by atoms with Crippen molar-refractivity contribution >= 4 is 23.2 Å². The average Bonchev–Trinajstić information content (AvgIpc) is 2.73. The maximum Gasteiger partial charge on any atom is 0.255 e. The van der Waals surface area contributed by atoms with Crippen LogP contribution >= 0.6 is 0 Å². The second kappa shape index (κ2) is 11.4. The highest BCUT2D eigenvalue weighted by atomic mass is 16.5. The van der Waals surface area contributed by atoms with Gasteiger partial charge in [-0.3, -0.25) is 14.5 Å². The highest BCUT2D eigenvalue weighted by molar-refractivity contribution is 6.04. The molecule has 0 aliphatic carbocycles. The van der Waals surface area contributed by atoms with E-state index in [4.69, 9.17) is 4.74 Å². The van der Waals surface area contributed by atoms with Crippen molar-refractivity contribution in [3.63, 3.8) is 0 Å². The number of rotatable bonds is 10. The van der Waals surface area contributed by atoms with Crippen LogP contribution in [0.3, 0.4) is 0 Å². The molecule has 0 fully saturated rings. The fourth-order valence-electron chi connectivity index (χ4n) is 3.06. The molecule has 1 unspecified atom stereocenters. The van der Waals surface area contributed by atoms with Gasteiger partial charge in [-0.2, -0.15) is 0 Å². The van der Waals surface area contributed by atoms with Crippen LogP contribution in [0.2, 0.25) is 0 Å². The van der Waals surface area contributed by atoms with Crippen LogP contribution in [-0.4, -0.2) is 42.5 Å². The van der Waals surface area contributed by atoms with E-state index in [1.165, 1.54) is 0 Å². The third-order valence-electron chi connectivity index (χ3n) is 5.15. The molecule has 0 heterocycles. The summed E-state index contributed by atoms with van der Waals surface area (Å²) in [4.78, 5) is 27.0. The molecule has 0 radical (unpaired) electrons. The minimum atomic E-state index is -0.208. The number of nitrogens with zero attached hydrogens (tertiary/aromatic N) is 1. The van der Waals surface area contributed by atoms with Crippen molar-refractivity contribution in [3.8, 4) is 5.75 Å². The lowest BCUT2D eigenvalue weighted by Crippen LogP contribution is -2.41. The molecule has 2 aromatic carbocycles. The van der Waals surface area contributed by atoms with E-state index < -0.39 is 0 Å².